The molecule has 1 amide bonds. The third kappa shape index (κ3) is 2.15. The fraction of sp³-hybridized carbons (Fsp3) is 0.208. The summed E-state index contributed by atoms with van der Waals surface area (Å²) in [6.07, 6.45) is 0.851. The number of amides is 1. The van der Waals surface area contributed by atoms with Crippen LogP contribution in [-0.2, 0) is 23.2 Å². The van der Waals surface area contributed by atoms with E-state index in [0.717, 1.165) is 45.9 Å². The maximum atomic E-state index is 14.0. The molecule has 4 aromatic rings. The summed E-state index contributed by atoms with van der Waals surface area (Å²) in [4.78, 5) is 15.9. The zero-order chi connectivity index (χ0) is 20.6. The standard InChI is InChI=1S/C24H17N3O4/c28-23-24(13-30-22-11-21-15(7-8-29-21)10-17(22)24)16-3-1-2-4-20(16)27(23)12-14-5-6-18-19(9-14)26-31-25-18/h1-6,9-11H,7-8,12-13H2. The van der Waals surface area contributed by atoms with Gasteiger partial charge in [-0.15, -0.1) is 0 Å². The molecule has 3 aromatic carbocycles. The summed E-state index contributed by atoms with van der Waals surface area (Å²) in [6.45, 7) is 1.40. The Kier molecular flexibility index (Phi) is 3.18. The quantitative estimate of drug-likeness (QED) is 0.503. The van der Waals surface area contributed by atoms with Crippen molar-refractivity contribution in [1.82, 2.24) is 10.3 Å². The summed E-state index contributed by atoms with van der Waals surface area (Å²) in [6, 6.07) is 17.8. The number of anilines is 1. The minimum atomic E-state index is -0.830. The number of hydrogen-bond acceptors (Lipinski definition) is 6. The van der Waals surface area contributed by atoms with Crippen LogP contribution in [0.2, 0.25) is 0 Å². The van der Waals surface area contributed by atoms with Gasteiger partial charge in [0.1, 0.15) is 34.6 Å². The number of carbonyl (C=O) groups excluding carboxylic acids is 1. The summed E-state index contributed by atoms with van der Waals surface area (Å²) in [5.41, 5.74) is 5.48. The summed E-state index contributed by atoms with van der Waals surface area (Å²) < 4.78 is 16.6. The van der Waals surface area contributed by atoms with E-state index in [4.69, 9.17) is 14.1 Å². The Labute approximate surface area is 177 Å². The van der Waals surface area contributed by atoms with Gasteiger partial charge in [0.25, 0.3) is 0 Å². The van der Waals surface area contributed by atoms with E-state index in [0.29, 0.717) is 30.8 Å². The topological polar surface area (TPSA) is 77.7 Å². The lowest BCUT2D eigenvalue weighted by Crippen LogP contribution is -2.42. The fourth-order valence-electron chi connectivity index (χ4n) is 5.11. The van der Waals surface area contributed by atoms with Crippen molar-refractivity contribution < 1.29 is 18.9 Å². The van der Waals surface area contributed by atoms with E-state index in [2.05, 4.69) is 16.4 Å². The first-order valence-electron chi connectivity index (χ1n) is 10.3. The van der Waals surface area contributed by atoms with Gasteiger partial charge < -0.3 is 14.4 Å². The number of aromatic nitrogens is 2. The van der Waals surface area contributed by atoms with Crippen LogP contribution in [0.5, 0.6) is 11.5 Å². The summed E-state index contributed by atoms with van der Waals surface area (Å²) in [5, 5.41) is 7.79. The highest BCUT2D eigenvalue weighted by molar-refractivity contribution is 6.11. The predicted octanol–water partition coefficient (Wildman–Crippen LogP) is 3.38. The van der Waals surface area contributed by atoms with E-state index < -0.39 is 5.41 Å². The van der Waals surface area contributed by atoms with Gasteiger partial charge in [0, 0.05) is 23.7 Å². The van der Waals surface area contributed by atoms with Crippen LogP contribution in [0.15, 0.2) is 59.2 Å². The Morgan fingerprint density at radius 3 is 2.81 bits per heavy atom. The Morgan fingerprint density at radius 2 is 1.84 bits per heavy atom. The van der Waals surface area contributed by atoms with Crippen molar-refractivity contribution >= 4 is 22.6 Å². The maximum absolute atomic E-state index is 14.0. The van der Waals surface area contributed by atoms with Gasteiger partial charge >= 0.3 is 0 Å². The highest BCUT2D eigenvalue weighted by Gasteiger charge is 2.57. The van der Waals surface area contributed by atoms with Crippen molar-refractivity contribution in [2.75, 3.05) is 18.1 Å². The second-order valence-corrected chi connectivity index (χ2v) is 8.24. The minimum Gasteiger partial charge on any atom is -0.493 e. The molecule has 4 heterocycles. The van der Waals surface area contributed by atoms with Crippen LogP contribution >= 0.6 is 0 Å². The average molecular weight is 411 g/mol. The number of fused-ring (bicyclic) bond motifs is 6. The molecule has 0 fully saturated rings. The van der Waals surface area contributed by atoms with Crippen LogP contribution in [0.1, 0.15) is 22.3 Å². The molecular weight excluding hydrogens is 394 g/mol. The molecular formula is C24H17N3O4. The van der Waals surface area contributed by atoms with E-state index >= 15 is 0 Å². The minimum absolute atomic E-state index is 0.0321. The molecule has 0 aliphatic carbocycles. The molecule has 3 aliphatic heterocycles. The fourth-order valence-corrected chi connectivity index (χ4v) is 5.11. The average Bonchev–Trinajstić information content (AvgIpc) is 3.56. The van der Waals surface area contributed by atoms with E-state index in [1.54, 1.807) is 0 Å². The summed E-state index contributed by atoms with van der Waals surface area (Å²) in [5.74, 6) is 1.63. The maximum Gasteiger partial charge on any atom is 0.246 e. The Bertz CT molecular complexity index is 1390. The van der Waals surface area contributed by atoms with E-state index in [9.17, 15) is 4.79 Å². The van der Waals surface area contributed by atoms with Crippen LogP contribution in [0.3, 0.4) is 0 Å². The molecule has 0 saturated carbocycles. The number of para-hydroxylation sites is 1. The number of hydrogen-bond donors (Lipinski definition) is 0. The van der Waals surface area contributed by atoms with E-state index in [-0.39, 0.29) is 5.91 Å². The van der Waals surface area contributed by atoms with Crippen LogP contribution in [0.25, 0.3) is 11.0 Å². The van der Waals surface area contributed by atoms with Crippen molar-refractivity contribution in [1.29, 1.82) is 0 Å². The van der Waals surface area contributed by atoms with Gasteiger partial charge in [-0.1, -0.05) is 24.3 Å². The number of ether oxygens (including phenoxy) is 2. The number of benzene rings is 3. The third-order valence-corrected chi connectivity index (χ3v) is 6.62. The third-order valence-electron chi connectivity index (χ3n) is 6.62. The zero-order valence-corrected chi connectivity index (χ0v) is 16.5. The number of rotatable bonds is 2. The molecule has 31 heavy (non-hydrogen) atoms. The lowest BCUT2D eigenvalue weighted by Gasteiger charge is -2.23. The number of carbonyl (C=O) groups is 1. The summed E-state index contributed by atoms with van der Waals surface area (Å²) >= 11 is 0. The van der Waals surface area contributed by atoms with Gasteiger partial charge in [0.15, 0.2) is 0 Å². The molecule has 7 nitrogen and oxygen atoms in total. The molecule has 1 atom stereocenters. The largest absolute Gasteiger partial charge is 0.493 e. The first-order chi connectivity index (χ1) is 15.2. The SMILES string of the molecule is O=C1N(Cc2ccc3nonc3c2)c2ccccc2C12COc1cc3c(cc12)CCO3. The van der Waals surface area contributed by atoms with Crippen LogP contribution in [0, 0.1) is 0 Å². The predicted molar refractivity (Wildman–Crippen MR) is 111 cm³/mol. The molecule has 3 aliphatic rings. The normalized spacial score (nSPS) is 20.6. The van der Waals surface area contributed by atoms with Crippen LogP contribution in [-0.4, -0.2) is 29.4 Å². The van der Waals surface area contributed by atoms with Crippen molar-refractivity contribution in [3.05, 3.63) is 76.9 Å². The van der Waals surface area contributed by atoms with E-state index in [1.807, 2.05) is 53.4 Å². The first-order valence-corrected chi connectivity index (χ1v) is 10.3. The van der Waals surface area contributed by atoms with Crippen LogP contribution < -0.4 is 14.4 Å². The molecule has 0 saturated heterocycles. The lowest BCUT2D eigenvalue weighted by atomic mass is 9.76. The van der Waals surface area contributed by atoms with Gasteiger partial charge in [0.2, 0.25) is 5.91 Å². The highest BCUT2D eigenvalue weighted by Crippen LogP contribution is 2.54. The molecule has 1 unspecified atom stereocenters. The monoisotopic (exact) mass is 411 g/mol. The number of nitrogens with zero attached hydrogens (tertiary/aromatic N) is 3. The summed E-state index contributed by atoms with van der Waals surface area (Å²) in [7, 11) is 0. The van der Waals surface area contributed by atoms with Crippen molar-refractivity contribution in [2.24, 2.45) is 0 Å². The highest BCUT2D eigenvalue weighted by atomic mass is 16.6. The second kappa shape index (κ2) is 5.85. The van der Waals surface area contributed by atoms with Gasteiger partial charge in [0.05, 0.1) is 13.2 Å². The van der Waals surface area contributed by atoms with Crippen molar-refractivity contribution in [2.45, 2.75) is 18.4 Å². The molecule has 0 radical (unpaired) electrons. The first kappa shape index (κ1) is 16.9. The van der Waals surface area contributed by atoms with Gasteiger partial charge in [-0.3, -0.25) is 4.79 Å². The Balaban J connectivity index is 1.36. The van der Waals surface area contributed by atoms with Crippen molar-refractivity contribution in [3.63, 3.8) is 0 Å². The van der Waals surface area contributed by atoms with Gasteiger partial charge in [-0.25, -0.2) is 4.63 Å². The molecule has 152 valence electrons. The smallest absolute Gasteiger partial charge is 0.246 e. The Hall–Kier alpha value is -3.87. The molecule has 7 rings (SSSR count). The Morgan fingerprint density at radius 1 is 0.935 bits per heavy atom. The lowest BCUT2D eigenvalue weighted by molar-refractivity contribution is -0.122. The van der Waals surface area contributed by atoms with Crippen LogP contribution in [0.4, 0.5) is 5.69 Å². The molecule has 7 heteroatoms. The molecule has 1 spiro atoms. The zero-order valence-electron chi connectivity index (χ0n) is 16.5. The van der Waals surface area contributed by atoms with Gasteiger partial charge in [-0.05, 0) is 51.3 Å². The molecule has 0 N–H and O–H groups in total. The molecule has 1 aromatic heterocycles. The second-order valence-electron chi connectivity index (χ2n) is 8.24. The molecule has 0 bridgehead atoms. The van der Waals surface area contributed by atoms with E-state index in [1.165, 1.54) is 0 Å². The van der Waals surface area contributed by atoms with Crippen molar-refractivity contribution in [3.8, 4) is 11.5 Å². The van der Waals surface area contributed by atoms with Gasteiger partial charge in [-0.2, -0.15) is 0 Å².